The smallest absolute Gasteiger partial charge is 0.270 e. The number of amides is 1. The summed E-state index contributed by atoms with van der Waals surface area (Å²) in [6.45, 7) is 2.45. The lowest BCUT2D eigenvalue weighted by molar-refractivity contribution is 0.0989. The zero-order valence-electron chi connectivity index (χ0n) is 12.3. The van der Waals surface area contributed by atoms with Crippen molar-refractivity contribution in [3.63, 3.8) is 0 Å². The molecule has 0 aliphatic heterocycles. The van der Waals surface area contributed by atoms with Crippen molar-refractivity contribution < 1.29 is 4.79 Å². The second-order valence-corrected chi connectivity index (χ2v) is 6.19. The van der Waals surface area contributed by atoms with Gasteiger partial charge in [0.15, 0.2) is 0 Å². The highest BCUT2D eigenvalue weighted by molar-refractivity contribution is 7.13. The van der Waals surface area contributed by atoms with E-state index in [0.717, 1.165) is 16.3 Å². The molecule has 3 rings (SSSR count). The average Bonchev–Trinajstić information content (AvgIpc) is 3.00. The van der Waals surface area contributed by atoms with E-state index in [2.05, 4.69) is 4.98 Å². The van der Waals surface area contributed by atoms with E-state index in [1.54, 1.807) is 11.1 Å². The van der Waals surface area contributed by atoms with Crippen LogP contribution in [-0.2, 0) is 6.54 Å². The fourth-order valence-corrected chi connectivity index (χ4v) is 2.97. The summed E-state index contributed by atoms with van der Waals surface area (Å²) in [5.74, 6) is -0.0133. The van der Waals surface area contributed by atoms with Gasteiger partial charge in [0.2, 0.25) is 0 Å². The van der Waals surface area contributed by atoms with Crippen LogP contribution in [0, 0.1) is 6.92 Å². The molecular weight excluding hydrogens is 292 g/mol. The predicted molar refractivity (Wildman–Crippen MR) is 90.2 cm³/mol. The van der Waals surface area contributed by atoms with Crippen LogP contribution in [0.5, 0.6) is 0 Å². The van der Waals surface area contributed by atoms with E-state index >= 15 is 0 Å². The van der Waals surface area contributed by atoms with Gasteiger partial charge in [-0.1, -0.05) is 48.5 Å². The molecule has 0 bridgehead atoms. The Morgan fingerprint density at radius 1 is 1.05 bits per heavy atom. The lowest BCUT2D eigenvalue weighted by Crippen LogP contribution is -2.29. The highest BCUT2D eigenvalue weighted by atomic mass is 32.1. The highest BCUT2D eigenvalue weighted by Gasteiger charge is 2.19. The molecular formula is C18H16N2OS. The second-order valence-electron chi connectivity index (χ2n) is 4.96. The molecule has 1 amide bonds. The number of hydrogen-bond acceptors (Lipinski definition) is 3. The fourth-order valence-electron chi connectivity index (χ4n) is 2.25. The summed E-state index contributed by atoms with van der Waals surface area (Å²) >= 11 is 1.43. The fraction of sp³-hybridized carbons (Fsp3) is 0.111. The number of thiazole rings is 1. The van der Waals surface area contributed by atoms with Crippen LogP contribution in [0.2, 0.25) is 0 Å². The van der Waals surface area contributed by atoms with Crippen molar-refractivity contribution >= 4 is 22.9 Å². The second kappa shape index (κ2) is 6.54. The predicted octanol–water partition coefficient (Wildman–Crippen LogP) is 4.30. The SMILES string of the molecule is Cc1ncc(C(=O)N(Cc2ccccc2)c2ccccc2)s1. The van der Waals surface area contributed by atoms with Crippen LogP contribution in [0.15, 0.2) is 66.9 Å². The number of aromatic nitrogens is 1. The highest BCUT2D eigenvalue weighted by Crippen LogP contribution is 2.22. The number of anilines is 1. The maximum atomic E-state index is 12.9. The largest absolute Gasteiger partial charge is 0.303 e. The summed E-state index contributed by atoms with van der Waals surface area (Å²) in [4.78, 5) is 19.5. The van der Waals surface area contributed by atoms with Crippen LogP contribution in [0.25, 0.3) is 0 Å². The number of hydrogen-bond donors (Lipinski definition) is 0. The van der Waals surface area contributed by atoms with Gasteiger partial charge in [-0.3, -0.25) is 4.79 Å². The molecule has 0 aliphatic carbocycles. The Morgan fingerprint density at radius 2 is 1.68 bits per heavy atom. The first-order valence-corrected chi connectivity index (χ1v) is 7.89. The van der Waals surface area contributed by atoms with Crippen LogP contribution in [0.3, 0.4) is 0 Å². The van der Waals surface area contributed by atoms with E-state index in [4.69, 9.17) is 0 Å². The minimum absolute atomic E-state index is 0.0133. The minimum atomic E-state index is -0.0133. The Hall–Kier alpha value is -2.46. The van der Waals surface area contributed by atoms with E-state index in [9.17, 15) is 4.79 Å². The van der Waals surface area contributed by atoms with Crippen molar-refractivity contribution in [1.82, 2.24) is 4.98 Å². The zero-order valence-corrected chi connectivity index (χ0v) is 13.1. The van der Waals surface area contributed by atoms with E-state index in [0.29, 0.717) is 11.4 Å². The molecule has 3 nitrogen and oxygen atoms in total. The van der Waals surface area contributed by atoms with Crippen molar-refractivity contribution in [2.45, 2.75) is 13.5 Å². The average molecular weight is 308 g/mol. The maximum Gasteiger partial charge on any atom is 0.270 e. The van der Waals surface area contributed by atoms with Crippen LogP contribution in [-0.4, -0.2) is 10.9 Å². The maximum absolute atomic E-state index is 12.9. The number of carbonyl (C=O) groups is 1. The summed E-state index contributed by atoms with van der Waals surface area (Å²) < 4.78 is 0. The quantitative estimate of drug-likeness (QED) is 0.720. The monoisotopic (exact) mass is 308 g/mol. The van der Waals surface area contributed by atoms with Crippen LogP contribution in [0.4, 0.5) is 5.69 Å². The van der Waals surface area contributed by atoms with Gasteiger partial charge in [-0.2, -0.15) is 0 Å². The molecule has 0 spiro atoms. The first-order chi connectivity index (χ1) is 10.7. The van der Waals surface area contributed by atoms with Crippen molar-refractivity contribution in [3.8, 4) is 0 Å². The van der Waals surface area contributed by atoms with Gasteiger partial charge >= 0.3 is 0 Å². The molecule has 22 heavy (non-hydrogen) atoms. The number of rotatable bonds is 4. The lowest BCUT2D eigenvalue weighted by atomic mass is 10.2. The molecule has 0 radical (unpaired) electrons. The third-order valence-corrected chi connectivity index (χ3v) is 4.23. The molecule has 0 aliphatic rings. The van der Waals surface area contributed by atoms with Gasteiger partial charge in [0, 0.05) is 5.69 Å². The lowest BCUT2D eigenvalue weighted by Gasteiger charge is -2.22. The van der Waals surface area contributed by atoms with E-state index in [1.165, 1.54) is 11.3 Å². The first-order valence-electron chi connectivity index (χ1n) is 7.07. The van der Waals surface area contributed by atoms with Crippen LogP contribution < -0.4 is 4.90 Å². The van der Waals surface area contributed by atoms with E-state index < -0.39 is 0 Å². The molecule has 0 atom stereocenters. The summed E-state index contributed by atoms with van der Waals surface area (Å²) in [6.07, 6.45) is 1.66. The normalized spacial score (nSPS) is 10.4. The summed E-state index contributed by atoms with van der Waals surface area (Å²) in [6, 6.07) is 19.7. The van der Waals surface area contributed by atoms with Crippen LogP contribution in [0.1, 0.15) is 20.2 Å². The van der Waals surface area contributed by atoms with E-state index in [1.807, 2.05) is 67.6 Å². The molecule has 0 N–H and O–H groups in total. The Bertz CT molecular complexity index is 753. The Morgan fingerprint density at radius 3 is 2.27 bits per heavy atom. The van der Waals surface area contributed by atoms with Gasteiger partial charge in [0.1, 0.15) is 4.88 Å². The van der Waals surface area contributed by atoms with Gasteiger partial charge in [-0.25, -0.2) is 4.98 Å². The molecule has 3 aromatic rings. The van der Waals surface area contributed by atoms with Crippen LogP contribution >= 0.6 is 11.3 Å². The molecule has 2 aromatic carbocycles. The molecule has 0 unspecified atom stereocenters. The molecule has 1 aromatic heterocycles. The van der Waals surface area contributed by atoms with Crippen molar-refractivity contribution in [2.75, 3.05) is 4.90 Å². The van der Waals surface area contributed by atoms with E-state index in [-0.39, 0.29) is 5.91 Å². The first kappa shape index (κ1) is 14.5. The van der Waals surface area contributed by atoms with Gasteiger partial charge in [-0.05, 0) is 24.6 Å². The number of aryl methyl sites for hydroxylation is 1. The van der Waals surface area contributed by atoms with Gasteiger partial charge in [-0.15, -0.1) is 11.3 Å². The molecule has 0 fully saturated rings. The number of para-hydroxylation sites is 1. The van der Waals surface area contributed by atoms with Gasteiger partial charge < -0.3 is 4.90 Å². The topological polar surface area (TPSA) is 33.2 Å². The Balaban J connectivity index is 1.94. The molecule has 110 valence electrons. The zero-order chi connectivity index (χ0) is 15.4. The Kier molecular flexibility index (Phi) is 4.30. The third-order valence-electron chi connectivity index (χ3n) is 3.33. The molecule has 0 saturated heterocycles. The molecule has 4 heteroatoms. The summed E-state index contributed by atoms with van der Waals surface area (Å²) in [5.41, 5.74) is 1.99. The standard InChI is InChI=1S/C18H16N2OS/c1-14-19-12-17(22-14)18(21)20(16-10-6-3-7-11-16)13-15-8-4-2-5-9-15/h2-12H,13H2,1H3. The minimum Gasteiger partial charge on any atom is -0.303 e. The number of benzene rings is 2. The summed E-state index contributed by atoms with van der Waals surface area (Å²) in [7, 11) is 0. The van der Waals surface area contributed by atoms with Gasteiger partial charge in [0.05, 0.1) is 17.7 Å². The number of carbonyl (C=O) groups excluding carboxylic acids is 1. The summed E-state index contributed by atoms with van der Waals surface area (Å²) in [5, 5.41) is 0.899. The van der Waals surface area contributed by atoms with Crippen molar-refractivity contribution in [2.24, 2.45) is 0 Å². The van der Waals surface area contributed by atoms with Crippen molar-refractivity contribution in [1.29, 1.82) is 0 Å². The number of nitrogens with zero attached hydrogens (tertiary/aromatic N) is 2. The van der Waals surface area contributed by atoms with Gasteiger partial charge in [0.25, 0.3) is 5.91 Å². The Labute approximate surface area is 133 Å². The molecule has 1 heterocycles. The third kappa shape index (κ3) is 3.23. The molecule has 0 saturated carbocycles. The van der Waals surface area contributed by atoms with Crippen molar-refractivity contribution in [3.05, 3.63) is 82.3 Å².